The van der Waals surface area contributed by atoms with E-state index < -0.39 is 11.5 Å². The molecule has 3 nitrogen and oxygen atoms in total. The SMILES string of the molecule is CC1(C)[C@@H]2[C@H]1CC[C@@]1(C)[C@H]3CC[C@@]1(C(=O)O3)[C@H]2O. The molecule has 100 valence electrons. The second-order valence-electron chi connectivity index (χ2n) is 7.76. The van der Waals surface area contributed by atoms with E-state index in [1.165, 1.54) is 0 Å². The van der Waals surface area contributed by atoms with Gasteiger partial charge in [-0.05, 0) is 42.9 Å². The summed E-state index contributed by atoms with van der Waals surface area (Å²) < 4.78 is 5.56. The van der Waals surface area contributed by atoms with Gasteiger partial charge in [-0.3, -0.25) is 4.79 Å². The number of rotatable bonds is 0. The number of aliphatic hydroxyl groups excluding tert-OH is 1. The van der Waals surface area contributed by atoms with Crippen molar-refractivity contribution in [3.8, 4) is 0 Å². The van der Waals surface area contributed by atoms with Crippen LogP contribution in [0.25, 0.3) is 0 Å². The zero-order valence-electron chi connectivity index (χ0n) is 11.4. The maximum absolute atomic E-state index is 12.4. The third-order valence-corrected chi connectivity index (χ3v) is 7.10. The molecule has 1 heterocycles. The quantitative estimate of drug-likeness (QED) is 0.670. The van der Waals surface area contributed by atoms with Crippen molar-refractivity contribution in [2.75, 3.05) is 0 Å². The number of ether oxygens (including phenoxy) is 1. The van der Waals surface area contributed by atoms with Crippen molar-refractivity contribution in [1.29, 1.82) is 0 Å². The van der Waals surface area contributed by atoms with E-state index in [9.17, 15) is 9.90 Å². The van der Waals surface area contributed by atoms with Crippen molar-refractivity contribution in [3.05, 3.63) is 0 Å². The molecule has 6 atom stereocenters. The van der Waals surface area contributed by atoms with Crippen LogP contribution in [-0.4, -0.2) is 23.3 Å². The molecule has 0 aromatic carbocycles. The Labute approximate surface area is 108 Å². The van der Waals surface area contributed by atoms with Gasteiger partial charge in [0.25, 0.3) is 0 Å². The van der Waals surface area contributed by atoms with E-state index in [0.29, 0.717) is 11.8 Å². The van der Waals surface area contributed by atoms with Crippen LogP contribution in [0.5, 0.6) is 0 Å². The monoisotopic (exact) mass is 250 g/mol. The van der Waals surface area contributed by atoms with Gasteiger partial charge in [0.05, 0.1) is 6.10 Å². The molecular formula is C15H22O3. The number of hydrogen-bond acceptors (Lipinski definition) is 3. The minimum absolute atomic E-state index is 0.0558. The fraction of sp³-hybridized carbons (Fsp3) is 0.933. The molecule has 0 aromatic rings. The van der Waals surface area contributed by atoms with Crippen molar-refractivity contribution in [1.82, 2.24) is 0 Å². The zero-order valence-corrected chi connectivity index (χ0v) is 11.4. The largest absolute Gasteiger partial charge is 0.461 e. The standard InChI is InChI=1S/C15H22O3/c1-13(2)8-4-6-14(3)9-5-7-15(14,12(17)18-9)11(16)10(8)13/h8-11,16H,4-7H2,1-3H3/t8-,9-,10-,11+,14+,15+/m1/s1. The van der Waals surface area contributed by atoms with E-state index in [1.54, 1.807) is 0 Å². The molecule has 0 radical (unpaired) electrons. The molecule has 3 saturated carbocycles. The summed E-state index contributed by atoms with van der Waals surface area (Å²) in [5, 5.41) is 10.9. The number of carbonyl (C=O) groups excluding carboxylic acids is 1. The van der Waals surface area contributed by atoms with Crippen molar-refractivity contribution >= 4 is 5.97 Å². The summed E-state index contributed by atoms with van der Waals surface area (Å²) >= 11 is 0. The van der Waals surface area contributed by atoms with Crippen molar-refractivity contribution in [2.24, 2.45) is 28.1 Å². The smallest absolute Gasteiger partial charge is 0.315 e. The first kappa shape index (κ1) is 11.3. The van der Waals surface area contributed by atoms with Gasteiger partial charge in [-0.2, -0.15) is 0 Å². The molecule has 4 rings (SSSR count). The Morgan fingerprint density at radius 1 is 1.22 bits per heavy atom. The zero-order chi connectivity index (χ0) is 12.9. The highest BCUT2D eigenvalue weighted by Crippen LogP contribution is 2.74. The van der Waals surface area contributed by atoms with Crippen LogP contribution in [0, 0.1) is 28.1 Å². The van der Waals surface area contributed by atoms with Gasteiger partial charge >= 0.3 is 5.97 Å². The van der Waals surface area contributed by atoms with Gasteiger partial charge in [-0.1, -0.05) is 20.8 Å². The molecule has 0 aromatic heterocycles. The van der Waals surface area contributed by atoms with E-state index >= 15 is 0 Å². The Morgan fingerprint density at radius 3 is 2.61 bits per heavy atom. The van der Waals surface area contributed by atoms with Crippen LogP contribution in [0.15, 0.2) is 0 Å². The van der Waals surface area contributed by atoms with Gasteiger partial charge in [0.2, 0.25) is 0 Å². The fourth-order valence-corrected chi connectivity index (χ4v) is 5.73. The summed E-state index contributed by atoms with van der Waals surface area (Å²) in [6.45, 7) is 6.64. The van der Waals surface area contributed by atoms with Crippen LogP contribution in [-0.2, 0) is 9.53 Å². The van der Waals surface area contributed by atoms with Gasteiger partial charge in [0.1, 0.15) is 11.5 Å². The predicted octanol–water partition coefficient (Wildman–Crippen LogP) is 2.13. The summed E-state index contributed by atoms with van der Waals surface area (Å²) in [5.74, 6) is 0.777. The summed E-state index contributed by atoms with van der Waals surface area (Å²) in [6.07, 6.45) is 3.50. The molecule has 4 fully saturated rings. The second kappa shape index (κ2) is 2.79. The van der Waals surface area contributed by atoms with Crippen LogP contribution in [0.4, 0.5) is 0 Å². The number of carbonyl (C=O) groups is 1. The third kappa shape index (κ3) is 0.880. The Morgan fingerprint density at radius 2 is 1.94 bits per heavy atom. The normalized spacial score (nSPS) is 59.7. The predicted molar refractivity (Wildman–Crippen MR) is 65.7 cm³/mol. The lowest BCUT2D eigenvalue weighted by molar-refractivity contribution is -0.161. The lowest BCUT2D eigenvalue weighted by atomic mass is 9.62. The molecular weight excluding hydrogens is 228 g/mol. The highest BCUT2D eigenvalue weighted by atomic mass is 16.6. The third-order valence-electron chi connectivity index (χ3n) is 7.10. The summed E-state index contributed by atoms with van der Waals surface area (Å²) in [6, 6.07) is 0. The topological polar surface area (TPSA) is 46.5 Å². The summed E-state index contributed by atoms with van der Waals surface area (Å²) in [7, 11) is 0. The molecule has 18 heavy (non-hydrogen) atoms. The van der Waals surface area contributed by atoms with Crippen LogP contribution < -0.4 is 0 Å². The van der Waals surface area contributed by atoms with Gasteiger partial charge < -0.3 is 9.84 Å². The van der Waals surface area contributed by atoms with E-state index in [-0.39, 0.29) is 22.9 Å². The first-order valence-electron chi connectivity index (χ1n) is 7.25. The highest BCUT2D eigenvalue weighted by molar-refractivity contribution is 5.83. The van der Waals surface area contributed by atoms with E-state index in [0.717, 1.165) is 25.7 Å². The average molecular weight is 250 g/mol. The molecule has 4 aliphatic rings. The van der Waals surface area contributed by atoms with Crippen LogP contribution in [0.3, 0.4) is 0 Å². The Hall–Kier alpha value is -0.570. The van der Waals surface area contributed by atoms with Crippen LogP contribution in [0.2, 0.25) is 0 Å². The van der Waals surface area contributed by atoms with E-state index in [2.05, 4.69) is 20.8 Å². The van der Waals surface area contributed by atoms with Crippen molar-refractivity contribution in [3.63, 3.8) is 0 Å². The fourth-order valence-electron chi connectivity index (χ4n) is 5.73. The number of aliphatic hydroxyl groups is 1. The molecule has 1 saturated heterocycles. The number of fused-ring (bicyclic) bond motifs is 1. The Bertz CT molecular complexity index is 443. The summed E-state index contributed by atoms with van der Waals surface area (Å²) in [5.41, 5.74) is -0.506. The molecule has 3 aliphatic carbocycles. The van der Waals surface area contributed by atoms with Crippen molar-refractivity contribution in [2.45, 2.75) is 58.7 Å². The minimum atomic E-state index is -0.592. The van der Waals surface area contributed by atoms with Gasteiger partial charge in [0.15, 0.2) is 0 Å². The molecule has 2 bridgehead atoms. The van der Waals surface area contributed by atoms with Crippen LogP contribution >= 0.6 is 0 Å². The molecule has 1 aliphatic heterocycles. The van der Waals surface area contributed by atoms with Gasteiger partial charge in [-0.15, -0.1) is 0 Å². The molecule has 0 spiro atoms. The second-order valence-corrected chi connectivity index (χ2v) is 7.76. The van der Waals surface area contributed by atoms with E-state index in [1.807, 2.05) is 0 Å². The first-order valence-corrected chi connectivity index (χ1v) is 7.25. The summed E-state index contributed by atoms with van der Waals surface area (Å²) in [4.78, 5) is 12.4. The molecule has 0 unspecified atom stereocenters. The maximum atomic E-state index is 12.4. The van der Waals surface area contributed by atoms with Gasteiger partial charge in [0, 0.05) is 5.41 Å². The number of hydrogen-bond donors (Lipinski definition) is 1. The Balaban J connectivity index is 1.84. The minimum Gasteiger partial charge on any atom is -0.461 e. The highest BCUT2D eigenvalue weighted by Gasteiger charge is 2.78. The van der Waals surface area contributed by atoms with E-state index in [4.69, 9.17) is 4.74 Å². The molecule has 3 heteroatoms. The van der Waals surface area contributed by atoms with Crippen LogP contribution in [0.1, 0.15) is 46.5 Å². The lowest BCUT2D eigenvalue weighted by Crippen LogP contribution is -2.49. The lowest BCUT2D eigenvalue weighted by Gasteiger charge is -2.39. The Kier molecular flexibility index (Phi) is 1.75. The molecule has 0 amide bonds. The van der Waals surface area contributed by atoms with Gasteiger partial charge in [-0.25, -0.2) is 0 Å². The number of esters is 1. The van der Waals surface area contributed by atoms with Crippen molar-refractivity contribution < 1.29 is 14.6 Å². The first-order chi connectivity index (χ1) is 8.35. The average Bonchev–Trinajstić information content (AvgIpc) is 2.68. The molecule has 1 N–H and O–H groups in total. The maximum Gasteiger partial charge on any atom is 0.315 e.